The van der Waals surface area contributed by atoms with Gasteiger partial charge >= 0.3 is 0 Å². The average Bonchev–Trinajstić information content (AvgIpc) is 2.88. The number of nitrogens with zero attached hydrogens (tertiary/aromatic N) is 2. The summed E-state index contributed by atoms with van der Waals surface area (Å²) in [5.41, 5.74) is 0.444. The van der Waals surface area contributed by atoms with Gasteiger partial charge in [-0.3, -0.25) is 4.68 Å². The molecule has 1 unspecified atom stereocenters. The number of aliphatic hydroxyl groups excluding tert-OH is 1. The van der Waals surface area contributed by atoms with Crippen LogP contribution in [0.4, 0.5) is 0 Å². The zero-order chi connectivity index (χ0) is 13.2. The molecule has 2 rings (SSSR count). The highest BCUT2D eigenvalue weighted by molar-refractivity contribution is 5.12. The lowest BCUT2D eigenvalue weighted by Gasteiger charge is -2.40. The van der Waals surface area contributed by atoms with E-state index in [1.165, 1.54) is 6.42 Å². The summed E-state index contributed by atoms with van der Waals surface area (Å²) in [6, 6.07) is 2.15. The first-order chi connectivity index (χ1) is 8.60. The second-order valence-electron chi connectivity index (χ2n) is 5.53. The van der Waals surface area contributed by atoms with Crippen molar-refractivity contribution in [3.05, 3.63) is 18.0 Å². The molecule has 0 aromatic carbocycles. The minimum absolute atomic E-state index is 0.252. The second kappa shape index (κ2) is 5.41. The van der Waals surface area contributed by atoms with Gasteiger partial charge in [0, 0.05) is 19.3 Å². The van der Waals surface area contributed by atoms with Crippen molar-refractivity contribution in [1.29, 1.82) is 0 Å². The molecule has 0 aliphatic heterocycles. The molecule has 1 aliphatic carbocycles. The van der Waals surface area contributed by atoms with Gasteiger partial charge in [0.15, 0.2) is 0 Å². The van der Waals surface area contributed by atoms with E-state index >= 15 is 0 Å². The van der Waals surface area contributed by atoms with E-state index in [9.17, 15) is 5.11 Å². The molecule has 1 heterocycles. The lowest BCUT2D eigenvalue weighted by Crippen LogP contribution is -2.41. The summed E-state index contributed by atoms with van der Waals surface area (Å²) in [4.78, 5) is 0. The summed E-state index contributed by atoms with van der Waals surface area (Å²) >= 11 is 0. The van der Waals surface area contributed by atoms with Crippen LogP contribution in [0.25, 0.3) is 0 Å². The fourth-order valence-electron chi connectivity index (χ4n) is 2.98. The molecule has 1 aliphatic rings. The van der Waals surface area contributed by atoms with Crippen LogP contribution in [-0.2, 0) is 4.74 Å². The van der Waals surface area contributed by atoms with E-state index in [0.29, 0.717) is 0 Å². The maximum atomic E-state index is 10.7. The summed E-state index contributed by atoms with van der Waals surface area (Å²) in [6.45, 7) is 4.15. The molecule has 1 saturated carbocycles. The van der Waals surface area contributed by atoms with Crippen LogP contribution >= 0.6 is 0 Å². The Morgan fingerprint density at radius 3 is 2.56 bits per heavy atom. The van der Waals surface area contributed by atoms with Gasteiger partial charge in [0.2, 0.25) is 0 Å². The van der Waals surface area contributed by atoms with Crippen LogP contribution in [0.15, 0.2) is 12.3 Å². The van der Waals surface area contributed by atoms with Crippen LogP contribution in [0.1, 0.15) is 63.8 Å². The van der Waals surface area contributed by atoms with Crippen LogP contribution < -0.4 is 0 Å². The Morgan fingerprint density at radius 1 is 1.33 bits per heavy atom. The van der Waals surface area contributed by atoms with Crippen LogP contribution in [0, 0.1) is 0 Å². The standard InChI is InChI=1S/C14H24N2O2/c1-11(2)16-12(7-10-15-16)13(17)14(18-3)8-5-4-6-9-14/h7,10-11,13,17H,4-6,8-9H2,1-3H3. The lowest BCUT2D eigenvalue weighted by molar-refractivity contribution is -0.128. The van der Waals surface area contributed by atoms with Gasteiger partial charge in [-0.15, -0.1) is 0 Å². The Balaban J connectivity index is 2.28. The molecular weight excluding hydrogens is 228 g/mol. The zero-order valence-corrected chi connectivity index (χ0v) is 11.6. The van der Waals surface area contributed by atoms with E-state index in [0.717, 1.165) is 31.4 Å². The summed E-state index contributed by atoms with van der Waals surface area (Å²) in [7, 11) is 1.71. The van der Waals surface area contributed by atoms with Crippen molar-refractivity contribution in [1.82, 2.24) is 9.78 Å². The van der Waals surface area contributed by atoms with E-state index < -0.39 is 11.7 Å². The first-order valence-electron chi connectivity index (χ1n) is 6.87. The van der Waals surface area contributed by atoms with Gasteiger partial charge in [-0.25, -0.2) is 0 Å². The molecule has 1 atom stereocenters. The smallest absolute Gasteiger partial charge is 0.124 e. The number of ether oxygens (including phenoxy) is 1. The molecule has 0 spiro atoms. The quantitative estimate of drug-likeness (QED) is 0.896. The number of aliphatic hydroxyl groups is 1. The molecule has 18 heavy (non-hydrogen) atoms. The SMILES string of the molecule is COC1(C(O)c2ccnn2C(C)C)CCCCC1. The molecule has 102 valence electrons. The van der Waals surface area contributed by atoms with Crippen molar-refractivity contribution in [2.24, 2.45) is 0 Å². The average molecular weight is 252 g/mol. The van der Waals surface area contributed by atoms with Gasteiger partial charge in [0.25, 0.3) is 0 Å². The summed E-state index contributed by atoms with van der Waals surface area (Å²) in [6.07, 6.45) is 6.50. The third-order valence-electron chi connectivity index (χ3n) is 4.07. The molecule has 4 nitrogen and oxygen atoms in total. The third-order valence-corrected chi connectivity index (χ3v) is 4.07. The molecular formula is C14H24N2O2. The van der Waals surface area contributed by atoms with Crippen LogP contribution in [0.2, 0.25) is 0 Å². The minimum Gasteiger partial charge on any atom is -0.384 e. The molecule has 0 bridgehead atoms. The highest BCUT2D eigenvalue weighted by Gasteiger charge is 2.41. The van der Waals surface area contributed by atoms with Gasteiger partial charge in [-0.05, 0) is 32.8 Å². The summed E-state index contributed by atoms with van der Waals surface area (Å²) in [5, 5.41) is 15.0. The van der Waals surface area contributed by atoms with Crippen molar-refractivity contribution < 1.29 is 9.84 Å². The zero-order valence-electron chi connectivity index (χ0n) is 11.6. The Morgan fingerprint density at radius 2 is 2.00 bits per heavy atom. The van der Waals surface area contributed by atoms with E-state index in [1.54, 1.807) is 13.3 Å². The van der Waals surface area contributed by atoms with Crippen molar-refractivity contribution in [2.45, 2.75) is 63.7 Å². The number of aromatic nitrogens is 2. The van der Waals surface area contributed by atoms with E-state index in [4.69, 9.17) is 4.74 Å². The fraction of sp³-hybridized carbons (Fsp3) is 0.786. The van der Waals surface area contributed by atoms with Crippen molar-refractivity contribution in [2.75, 3.05) is 7.11 Å². The number of methoxy groups -OCH3 is 1. The van der Waals surface area contributed by atoms with Crippen LogP contribution in [0.5, 0.6) is 0 Å². The molecule has 1 N–H and O–H groups in total. The monoisotopic (exact) mass is 252 g/mol. The van der Waals surface area contributed by atoms with E-state index in [-0.39, 0.29) is 6.04 Å². The Bertz CT molecular complexity index is 381. The Labute approximate surface area is 109 Å². The predicted molar refractivity (Wildman–Crippen MR) is 70.4 cm³/mol. The van der Waals surface area contributed by atoms with Crippen molar-refractivity contribution in [3.8, 4) is 0 Å². The topological polar surface area (TPSA) is 47.3 Å². The summed E-state index contributed by atoms with van der Waals surface area (Å²) in [5.74, 6) is 0. The van der Waals surface area contributed by atoms with Gasteiger partial charge in [-0.1, -0.05) is 19.3 Å². The highest BCUT2D eigenvalue weighted by atomic mass is 16.5. The van der Waals surface area contributed by atoms with Gasteiger partial charge in [-0.2, -0.15) is 5.10 Å². The lowest BCUT2D eigenvalue weighted by atomic mass is 9.79. The second-order valence-corrected chi connectivity index (χ2v) is 5.53. The highest BCUT2D eigenvalue weighted by Crippen LogP contribution is 2.41. The molecule has 1 aromatic rings. The minimum atomic E-state index is -0.590. The normalized spacial score (nSPS) is 21.2. The van der Waals surface area contributed by atoms with Crippen molar-refractivity contribution in [3.63, 3.8) is 0 Å². The van der Waals surface area contributed by atoms with Gasteiger partial charge in [0.05, 0.1) is 11.3 Å². The number of hydrogen-bond donors (Lipinski definition) is 1. The van der Waals surface area contributed by atoms with Crippen LogP contribution in [-0.4, -0.2) is 27.6 Å². The van der Waals surface area contributed by atoms with E-state index in [1.807, 2.05) is 10.7 Å². The maximum Gasteiger partial charge on any atom is 0.124 e. The number of rotatable bonds is 4. The molecule has 0 saturated heterocycles. The summed E-state index contributed by atoms with van der Waals surface area (Å²) < 4.78 is 7.60. The first-order valence-corrected chi connectivity index (χ1v) is 6.87. The molecule has 1 aromatic heterocycles. The third kappa shape index (κ3) is 2.31. The molecule has 1 fully saturated rings. The number of hydrogen-bond acceptors (Lipinski definition) is 3. The van der Waals surface area contributed by atoms with Crippen molar-refractivity contribution >= 4 is 0 Å². The largest absolute Gasteiger partial charge is 0.384 e. The predicted octanol–water partition coefficient (Wildman–Crippen LogP) is 2.85. The van der Waals surface area contributed by atoms with E-state index in [2.05, 4.69) is 18.9 Å². The molecule has 0 amide bonds. The Hall–Kier alpha value is -0.870. The molecule has 0 radical (unpaired) electrons. The maximum absolute atomic E-state index is 10.7. The first kappa shape index (κ1) is 13.6. The molecule has 4 heteroatoms. The van der Waals surface area contributed by atoms with Gasteiger partial charge < -0.3 is 9.84 Å². The Kier molecular flexibility index (Phi) is 4.07. The van der Waals surface area contributed by atoms with Crippen LogP contribution in [0.3, 0.4) is 0 Å². The van der Waals surface area contributed by atoms with Gasteiger partial charge in [0.1, 0.15) is 6.10 Å². The fourth-order valence-corrected chi connectivity index (χ4v) is 2.98.